The lowest BCUT2D eigenvalue weighted by Gasteiger charge is -2.45. The number of carbonyl (C=O) groups excluding carboxylic acids is 1. The average molecular weight is 319 g/mol. The summed E-state index contributed by atoms with van der Waals surface area (Å²) in [6, 6.07) is 9.78. The number of carbonyl (C=O) groups is 1. The molecule has 2 atom stereocenters. The van der Waals surface area contributed by atoms with Gasteiger partial charge in [-0.1, -0.05) is 30.3 Å². The molecule has 0 saturated carbocycles. The Labute approximate surface area is 139 Å². The lowest BCUT2D eigenvalue weighted by molar-refractivity contribution is -0.0947. The lowest BCUT2D eigenvalue weighted by Crippen LogP contribution is -2.59. The Morgan fingerprint density at radius 1 is 1.17 bits per heavy atom. The summed E-state index contributed by atoms with van der Waals surface area (Å²) in [5, 5.41) is 5.89. The maximum atomic E-state index is 12.0. The van der Waals surface area contributed by atoms with Crippen molar-refractivity contribution in [2.75, 3.05) is 19.6 Å². The van der Waals surface area contributed by atoms with E-state index in [1.54, 1.807) is 0 Å². The highest BCUT2D eigenvalue weighted by atomic mass is 16.5. The fourth-order valence-electron chi connectivity index (χ4n) is 2.92. The molecule has 1 saturated heterocycles. The summed E-state index contributed by atoms with van der Waals surface area (Å²) >= 11 is 0. The van der Waals surface area contributed by atoms with Crippen LogP contribution in [-0.2, 0) is 11.3 Å². The highest BCUT2D eigenvalue weighted by molar-refractivity contribution is 5.73. The SMILES string of the molecule is C[C@H]1CN(C(C)(C)CNC(=O)NCc2ccccc2)C[C@H](C)O1. The number of benzene rings is 1. The van der Waals surface area contributed by atoms with Crippen molar-refractivity contribution < 1.29 is 9.53 Å². The van der Waals surface area contributed by atoms with Crippen LogP contribution in [0.1, 0.15) is 33.3 Å². The van der Waals surface area contributed by atoms with E-state index in [2.05, 4.69) is 43.2 Å². The molecule has 0 aliphatic carbocycles. The second-order valence-electron chi connectivity index (χ2n) is 7.00. The van der Waals surface area contributed by atoms with Gasteiger partial charge in [-0.2, -0.15) is 0 Å². The van der Waals surface area contributed by atoms with Gasteiger partial charge in [0.05, 0.1) is 12.2 Å². The molecule has 1 aromatic carbocycles. The van der Waals surface area contributed by atoms with Gasteiger partial charge in [-0.05, 0) is 33.3 Å². The molecule has 2 N–H and O–H groups in total. The van der Waals surface area contributed by atoms with Crippen molar-refractivity contribution >= 4 is 6.03 Å². The molecule has 23 heavy (non-hydrogen) atoms. The second kappa shape index (κ2) is 7.79. The molecular formula is C18H29N3O2. The summed E-state index contributed by atoms with van der Waals surface area (Å²) in [4.78, 5) is 14.4. The standard InChI is InChI=1S/C18H29N3O2/c1-14-11-21(12-15(2)23-14)18(3,4)13-20-17(22)19-10-16-8-6-5-7-9-16/h5-9,14-15H,10-13H2,1-4H3,(H2,19,20,22)/t14-,15-/m0/s1. The Balaban J connectivity index is 1.78. The predicted octanol–water partition coefficient (Wildman–Crippen LogP) is 2.37. The summed E-state index contributed by atoms with van der Waals surface area (Å²) in [6.45, 7) is 11.4. The van der Waals surface area contributed by atoms with Gasteiger partial charge >= 0.3 is 6.03 Å². The summed E-state index contributed by atoms with van der Waals surface area (Å²) < 4.78 is 5.78. The Kier molecular flexibility index (Phi) is 6.02. The maximum absolute atomic E-state index is 12.0. The number of hydrogen-bond acceptors (Lipinski definition) is 3. The lowest BCUT2D eigenvalue weighted by atomic mass is 10.00. The van der Waals surface area contributed by atoms with Gasteiger partial charge in [0.1, 0.15) is 0 Å². The normalized spacial score (nSPS) is 22.6. The van der Waals surface area contributed by atoms with Crippen molar-refractivity contribution in [2.24, 2.45) is 0 Å². The van der Waals surface area contributed by atoms with E-state index in [4.69, 9.17) is 4.74 Å². The molecule has 1 fully saturated rings. The first kappa shape index (κ1) is 17.8. The van der Waals surface area contributed by atoms with Gasteiger partial charge < -0.3 is 15.4 Å². The largest absolute Gasteiger partial charge is 0.373 e. The fourth-order valence-corrected chi connectivity index (χ4v) is 2.92. The molecule has 128 valence electrons. The zero-order valence-corrected chi connectivity index (χ0v) is 14.6. The van der Waals surface area contributed by atoms with E-state index >= 15 is 0 Å². The molecule has 1 aliphatic heterocycles. The zero-order chi connectivity index (χ0) is 16.9. The van der Waals surface area contributed by atoms with Gasteiger partial charge in [-0.15, -0.1) is 0 Å². The molecule has 2 rings (SSSR count). The first-order valence-electron chi connectivity index (χ1n) is 8.33. The van der Waals surface area contributed by atoms with Crippen molar-refractivity contribution in [1.82, 2.24) is 15.5 Å². The molecule has 2 amide bonds. The van der Waals surface area contributed by atoms with Crippen LogP contribution in [0.25, 0.3) is 0 Å². The zero-order valence-electron chi connectivity index (χ0n) is 14.6. The Bertz CT molecular complexity index is 494. The number of urea groups is 1. The van der Waals surface area contributed by atoms with Crippen LogP contribution in [-0.4, -0.2) is 48.3 Å². The molecule has 5 nitrogen and oxygen atoms in total. The highest BCUT2D eigenvalue weighted by Gasteiger charge is 2.33. The number of ether oxygens (including phenoxy) is 1. The third-order valence-electron chi connectivity index (χ3n) is 4.25. The van der Waals surface area contributed by atoms with Gasteiger partial charge in [0.2, 0.25) is 0 Å². The van der Waals surface area contributed by atoms with Crippen LogP contribution in [0, 0.1) is 0 Å². The topological polar surface area (TPSA) is 53.6 Å². The van der Waals surface area contributed by atoms with Crippen molar-refractivity contribution in [3.63, 3.8) is 0 Å². The van der Waals surface area contributed by atoms with Crippen molar-refractivity contribution in [3.8, 4) is 0 Å². The van der Waals surface area contributed by atoms with E-state index in [1.807, 2.05) is 30.3 Å². The van der Waals surface area contributed by atoms with Gasteiger partial charge in [-0.25, -0.2) is 4.79 Å². The third-order valence-corrected chi connectivity index (χ3v) is 4.25. The van der Waals surface area contributed by atoms with Crippen LogP contribution in [0.3, 0.4) is 0 Å². The van der Waals surface area contributed by atoms with Crippen molar-refractivity contribution in [2.45, 2.75) is 52.0 Å². The number of amides is 2. The maximum Gasteiger partial charge on any atom is 0.315 e. The number of morpholine rings is 1. The van der Waals surface area contributed by atoms with Crippen molar-refractivity contribution in [1.29, 1.82) is 0 Å². The smallest absolute Gasteiger partial charge is 0.315 e. The van der Waals surface area contributed by atoms with Gasteiger partial charge in [0.25, 0.3) is 0 Å². The Morgan fingerprint density at radius 2 is 1.78 bits per heavy atom. The first-order chi connectivity index (χ1) is 10.9. The quantitative estimate of drug-likeness (QED) is 0.876. The molecule has 0 bridgehead atoms. The minimum absolute atomic E-state index is 0.101. The number of nitrogens with one attached hydrogen (secondary N) is 2. The van der Waals surface area contributed by atoms with Crippen molar-refractivity contribution in [3.05, 3.63) is 35.9 Å². The summed E-state index contributed by atoms with van der Waals surface area (Å²) in [5.41, 5.74) is 0.994. The number of rotatable bonds is 5. The molecule has 1 heterocycles. The fraction of sp³-hybridized carbons (Fsp3) is 0.611. The molecule has 0 radical (unpaired) electrons. The molecule has 0 aromatic heterocycles. The second-order valence-corrected chi connectivity index (χ2v) is 7.00. The Morgan fingerprint density at radius 3 is 2.39 bits per heavy atom. The average Bonchev–Trinajstić information content (AvgIpc) is 2.51. The summed E-state index contributed by atoms with van der Waals surface area (Å²) in [7, 11) is 0. The minimum Gasteiger partial charge on any atom is -0.373 e. The van der Waals surface area contributed by atoms with Crippen LogP contribution in [0.4, 0.5) is 4.79 Å². The van der Waals surface area contributed by atoms with Crippen LogP contribution in [0.15, 0.2) is 30.3 Å². The first-order valence-corrected chi connectivity index (χ1v) is 8.33. The van der Waals surface area contributed by atoms with E-state index in [0.29, 0.717) is 13.1 Å². The minimum atomic E-state index is -0.128. The monoisotopic (exact) mass is 319 g/mol. The van der Waals surface area contributed by atoms with Crippen LogP contribution < -0.4 is 10.6 Å². The predicted molar refractivity (Wildman–Crippen MR) is 92.3 cm³/mol. The summed E-state index contributed by atoms with van der Waals surface area (Å²) in [5.74, 6) is 0. The third kappa shape index (κ3) is 5.52. The van der Waals surface area contributed by atoms with Crippen LogP contribution in [0.5, 0.6) is 0 Å². The molecule has 1 aliphatic rings. The number of nitrogens with zero attached hydrogens (tertiary/aromatic N) is 1. The van der Waals surface area contributed by atoms with Gasteiger partial charge in [0.15, 0.2) is 0 Å². The van der Waals surface area contributed by atoms with Gasteiger partial charge in [-0.3, -0.25) is 4.90 Å². The van der Waals surface area contributed by atoms with Crippen LogP contribution in [0.2, 0.25) is 0 Å². The van der Waals surface area contributed by atoms with Crippen LogP contribution >= 0.6 is 0 Å². The Hall–Kier alpha value is -1.59. The highest BCUT2D eigenvalue weighted by Crippen LogP contribution is 2.20. The molecule has 1 aromatic rings. The molecule has 5 heteroatoms. The van der Waals surface area contributed by atoms with E-state index < -0.39 is 0 Å². The molecule has 0 spiro atoms. The van der Waals surface area contributed by atoms with E-state index in [9.17, 15) is 4.79 Å². The number of hydrogen-bond donors (Lipinski definition) is 2. The molecule has 0 unspecified atom stereocenters. The van der Waals surface area contributed by atoms with Gasteiger partial charge in [0, 0.05) is 31.7 Å². The van der Waals surface area contributed by atoms with E-state index in [1.165, 1.54) is 0 Å². The molecular weight excluding hydrogens is 290 g/mol. The van der Waals surface area contributed by atoms with E-state index in [0.717, 1.165) is 18.7 Å². The summed E-state index contributed by atoms with van der Waals surface area (Å²) in [6.07, 6.45) is 0.454. The van der Waals surface area contributed by atoms with E-state index in [-0.39, 0.29) is 23.8 Å².